The molecule has 0 aliphatic carbocycles. The molecule has 0 spiro atoms. The third-order valence-electron chi connectivity index (χ3n) is 5.19. The standard InChI is InChI=1S/C27H36O2/c1-6-22(15-16-25-13-11-10-12-14-25)18-23(7-2)17-21(5)27(29)26(9-4)19-24(8-3)20-28/h10-20,22,26H,6-9H2,1-5H3/b16-15+,21-17+,23-18+,24-19+. The van der Waals surface area contributed by atoms with Gasteiger partial charge in [0.25, 0.3) is 0 Å². The number of allylic oxidation sites excluding steroid dienone is 7. The summed E-state index contributed by atoms with van der Waals surface area (Å²) in [6.45, 7) is 10.1. The Kier molecular flexibility index (Phi) is 11.6. The Hall–Kier alpha value is -2.48. The van der Waals surface area contributed by atoms with Crippen molar-refractivity contribution in [1.82, 2.24) is 0 Å². The van der Waals surface area contributed by atoms with Crippen molar-refractivity contribution in [1.29, 1.82) is 0 Å². The molecule has 0 aliphatic rings. The highest BCUT2D eigenvalue weighted by Gasteiger charge is 2.16. The molecule has 0 heterocycles. The van der Waals surface area contributed by atoms with Gasteiger partial charge in [0.2, 0.25) is 0 Å². The predicted octanol–water partition coefficient (Wildman–Crippen LogP) is 7.14. The predicted molar refractivity (Wildman–Crippen MR) is 125 cm³/mol. The quantitative estimate of drug-likeness (QED) is 0.215. The molecule has 156 valence electrons. The molecule has 2 heteroatoms. The van der Waals surface area contributed by atoms with E-state index in [1.807, 2.05) is 51.1 Å². The van der Waals surface area contributed by atoms with Crippen molar-refractivity contribution in [2.75, 3.05) is 0 Å². The minimum atomic E-state index is -0.232. The zero-order chi connectivity index (χ0) is 21.6. The molecule has 0 bridgehead atoms. The van der Waals surface area contributed by atoms with Crippen molar-refractivity contribution in [2.45, 2.75) is 60.3 Å². The number of benzene rings is 1. The fourth-order valence-corrected chi connectivity index (χ4v) is 3.17. The third kappa shape index (κ3) is 8.60. The third-order valence-corrected chi connectivity index (χ3v) is 5.19. The fourth-order valence-electron chi connectivity index (χ4n) is 3.17. The van der Waals surface area contributed by atoms with Gasteiger partial charge in [0.15, 0.2) is 5.78 Å². The smallest absolute Gasteiger partial charge is 0.165 e. The van der Waals surface area contributed by atoms with Crippen LogP contribution in [0.5, 0.6) is 0 Å². The number of aldehydes is 1. The molecule has 2 atom stereocenters. The van der Waals surface area contributed by atoms with Crippen molar-refractivity contribution in [3.05, 3.63) is 76.9 Å². The molecule has 1 aromatic carbocycles. The molecule has 2 unspecified atom stereocenters. The van der Waals surface area contributed by atoms with Crippen LogP contribution in [0.4, 0.5) is 0 Å². The summed E-state index contributed by atoms with van der Waals surface area (Å²) in [6.07, 6.45) is 14.6. The van der Waals surface area contributed by atoms with E-state index in [1.54, 1.807) is 0 Å². The molecule has 0 amide bonds. The summed E-state index contributed by atoms with van der Waals surface area (Å²) >= 11 is 0. The molecule has 0 radical (unpaired) electrons. The van der Waals surface area contributed by atoms with Crippen LogP contribution in [0.25, 0.3) is 6.08 Å². The maximum atomic E-state index is 12.9. The van der Waals surface area contributed by atoms with Crippen LogP contribution in [0.15, 0.2) is 71.4 Å². The van der Waals surface area contributed by atoms with Gasteiger partial charge in [-0.2, -0.15) is 0 Å². The van der Waals surface area contributed by atoms with E-state index in [4.69, 9.17) is 0 Å². The lowest BCUT2D eigenvalue weighted by atomic mass is 9.91. The SMILES string of the molecule is CC/C(C=O)=C\C(CC)C(=O)/C(C)=C/C(=C/C(/C=C/c1ccccc1)CC)CC. The Bertz CT molecular complexity index is 763. The van der Waals surface area contributed by atoms with Crippen LogP contribution in [0.1, 0.15) is 65.9 Å². The van der Waals surface area contributed by atoms with Gasteiger partial charge in [-0.15, -0.1) is 0 Å². The highest BCUT2D eigenvalue weighted by atomic mass is 16.1. The second kappa shape index (κ2) is 13.7. The molecular formula is C27H36O2. The molecule has 0 aliphatic heterocycles. The second-order valence-electron chi connectivity index (χ2n) is 7.36. The first-order valence-electron chi connectivity index (χ1n) is 10.8. The van der Waals surface area contributed by atoms with Gasteiger partial charge in [0.05, 0.1) is 0 Å². The van der Waals surface area contributed by atoms with Crippen molar-refractivity contribution in [2.24, 2.45) is 11.8 Å². The molecule has 0 aromatic heterocycles. The Morgan fingerprint density at radius 3 is 2.10 bits per heavy atom. The largest absolute Gasteiger partial charge is 0.298 e. The van der Waals surface area contributed by atoms with Crippen LogP contribution in [0, 0.1) is 11.8 Å². The normalized spacial score (nSPS) is 15.4. The van der Waals surface area contributed by atoms with Crippen LogP contribution >= 0.6 is 0 Å². The Labute approximate surface area is 177 Å². The summed E-state index contributed by atoms with van der Waals surface area (Å²) in [5.41, 5.74) is 3.81. The van der Waals surface area contributed by atoms with Crippen molar-refractivity contribution < 1.29 is 9.59 Å². The number of carbonyl (C=O) groups is 2. The van der Waals surface area contributed by atoms with Gasteiger partial charge in [0.1, 0.15) is 6.29 Å². The van der Waals surface area contributed by atoms with E-state index in [1.165, 1.54) is 11.1 Å². The highest BCUT2D eigenvalue weighted by molar-refractivity contribution is 5.98. The van der Waals surface area contributed by atoms with Crippen LogP contribution in [-0.4, -0.2) is 12.1 Å². The number of ketones is 1. The van der Waals surface area contributed by atoms with Crippen LogP contribution in [-0.2, 0) is 9.59 Å². The zero-order valence-electron chi connectivity index (χ0n) is 18.7. The summed E-state index contributed by atoms with van der Waals surface area (Å²) in [5, 5.41) is 0. The number of Topliss-reactive ketones (excluding diaryl/α,β-unsaturated/α-hetero) is 1. The summed E-state index contributed by atoms with van der Waals surface area (Å²) < 4.78 is 0. The van der Waals surface area contributed by atoms with Gasteiger partial charge < -0.3 is 0 Å². The Balaban J connectivity index is 3.02. The molecule has 0 saturated heterocycles. The maximum absolute atomic E-state index is 12.9. The van der Waals surface area contributed by atoms with E-state index in [-0.39, 0.29) is 11.7 Å². The van der Waals surface area contributed by atoms with Crippen molar-refractivity contribution >= 4 is 18.1 Å². The lowest BCUT2D eigenvalue weighted by Crippen LogP contribution is -2.13. The van der Waals surface area contributed by atoms with Crippen molar-refractivity contribution in [3.63, 3.8) is 0 Å². The van der Waals surface area contributed by atoms with Gasteiger partial charge in [0, 0.05) is 5.92 Å². The highest BCUT2D eigenvalue weighted by Crippen LogP contribution is 2.20. The summed E-state index contributed by atoms with van der Waals surface area (Å²) in [5.74, 6) is 0.199. The van der Waals surface area contributed by atoms with E-state index in [9.17, 15) is 9.59 Å². The number of rotatable bonds is 12. The van der Waals surface area contributed by atoms with Crippen molar-refractivity contribution in [3.8, 4) is 0 Å². The molecule has 0 saturated carbocycles. The molecule has 2 nitrogen and oxygen atoms in total. The average Bonchev–Trinajstić information content (AvgIpc) is 2.76. The first-order chi connectivity index (χ1) is 14.0. The minimum absolute atomic E-state index is 0.104. The van der Waals surface area contributed by atoms with Gasteiger partial charge >= 0.3 is 0 Å². The Morgan fingerprint density at radius 2 is 1.59 bits per heavy atom. The number of carbonyl (C=O) groups excluding carboxylic acids is 2. The molecule has 0 N–H and O–H groups in total. The molecular weight excluding hydrogens is 356 g/mol. The Morgan fingerprint density at radius 1 is 0.931 bits per heavy atom. The summed E-state index contributed by atoms with van der Waals surface area (Å²) in [7, 11) is 0. The minimum Gasteiger partial charge on any atom is -0.298 e. The first kappa shape index (κ1) is 24.6. The van der Waals surface area contributed by atoms with E-state index < -0.39 is 0 Å². The topological polar surface area (TPSA) is 34.1 Å². The molecule has 1 aromatic rings. The van der Waals surface area contributed by atoms with E-state index in [0.717, 1.165) is 24.7 Å². The maximum Gasteiger partial charge on any atom is 0.165 e. The van der Waals surface area contributed by atoms with Crippen LogP contribution in [0.2, 0.25) is 0 Å². The summed E-state index contributed by atoms with van der Waals surface area (Å²) in [6, 6.07) is 10.3. The van der Waals surface area contributed by atoms with E-state index >= 15 is 0 Å². The van der Waals surface area contributed by atoms with Crippen LogP contribution < -0.4 is 0 Å². The van der Waals surface area contributed by atoms with Gasteiger partial charge in [-0.1, -0.05) is 94.0 Å². The van der Waals surface area contributed by atoms with Gasteiger partial charge in [-0.25, -0.2) is 0 Å². The summed E-state index contributed by atoms with van der Waals surface area (Å²) in [4.78, 5) is 24.0. The van der Waals surface area contributed by atoms with Gasteiger partial charge in [-0.3, -0.25) is 9.59 Å². The number of hydrogen-bond acceptors (Lipinski definition) is 2. The first-order valence-corrected chi connectivity index (χ1v) is 10.8. The fraction of sp³-hybridized carbons (Fsp3) is 0.407. The second-order valence-corrected chi connectivity index (χ2v) is 7.36. The van der Waals surface area contributed by atoms with E-state index in [0.29, 0.717) is 24.3 Å². The molecule has 0 fully saturated rings. The van der Waals surface area contributed by atoms with E-state index in [2.05, 4.69) is 44.2 Å². The molecule has 1 rings (SSSR count). The van der Waals surface area contributed by atoms with Crippen LogP contribution in [0.3, 0.4) is 0 Å². The average molecular weight is 393 g/mol. The number of hydrogen-bond donors (Lipinski definition) is 0. The molecule has 29 heavy (non-hydrogen) atoms. The van der Waals surface area contributed by atoms with Gasteiger partial charge in [-0.05, 0) is 55.2 Å². The monoisotopic (exact) mass is 392 g/mol. The zero-order valence-corrected chi connectivity index (χ0v) is 18.7. The lowest BCUT2D eigenvalue weighted by Gasteiger charge is -2.12. The lowest BCUT2D eigenvalue weighted by molar-refractivity contribution is -0.117.